The Morgan fingerprint density at radius 3 is 3.08 bits per heavy atom. The maximum atomic E-state index is 8.63. The molecular weight excluding hydrogens is 149 g/mol. The molecule has 1 aliphatic rings. The van der Waals surface area contributed by atoms with Crippen LogP contribution in [-0.2, 0) is 0 Å². The summed E-state index contributed by atoms with van der Waals surface area (Å²) >= 11 is 0. The number of nitrogens with zero attached hydrogens (tertiary/aromatic N) is 1. The second-order valence-corrected chi connectivity index (χ2v) is 3.03. The molecule has 1 radical (unpaired) electrons. The molecule has 0 aliphatic heterocycles. The molecule has 0 aromatic heterocycles. The molecule has 2 nitrogen and oxygen atoms in total. The highest BCUT2D eigenvalue weighted by Crippen LogP contribution is 2.24. The van der Waals surface area contributed by atoms with E-state index in [0.29, 0.717) is 17.8 Å². The third-order valence-electron chi connectivity index (χ3n) is 2.15. The van der Waals surface area contributed by atoms with Gasteiger partial charge in [0.25, 0.3) is 7.48 Å². The molecule has 0 heterocycles. The lowest BCUT2D eigenvalue weighted by Crippen LogP contribution is -2.12. The highest BCUT2D eigenvalue weighted by atomic mass is 16.2. The Morgan fingerprint density at radius 2 is 2.50 bits per heavy atom. The van der Waals surface area contributed by atoms with Crippen LogP contribution in [0.2, 0.25) is 6.32 Å². The molecule has 0 saturated heterocycles. The largest absolute Gasteiger partial charge is 0.454 e. The second-order valence-electron chi connectivity index (χ2n) is 3.03. The van der Waals surface area contributed by atoms with E-state index in [9.17, 15) is 0 Å². The maximum absolute atomic E-state index is 8.63. The summed E-state index contributed by atoms with van der Waals surface area (Å²) in [5.41, 5.74) is 0.694. The van der Waals surface area contributed by atoms with Gasteiger partial charge in [0, 0.05) is 5.57 Å². The van der Waals surface area contributed by atoms with Gasteiger partial charge in [0.15, 0.2) is 0 Å². The Bertz CT molecular complexity index is 252. The number of rotatable bonds is 2. The summed E-state index contributed by atoms with van der Waals surface area (Å²) in [4.78, 5) is 0. The topological polar surface area (TPSA) is 44.0 Å². The molecule has 12 heavy (non-hydrogen) atoms. The monoisotopic (exact) mass is 160 g/mol. The first-order chi connectivity index (χ1) is 5.77. The van der Waals surface area contributed by atoms with Crippen LogP contribution in [0.3, 0.4) is 0 Å². The normalized spacial score (nSPS) is 27.6. The summed E-state index contributed by atoms with van der Waals surface area (Å²) in [7, 11) is 1.16. The van der Waals surface area contributed by atoms with E-state index in [1.165, 1.54) is 0 Å². The Kier molecular flexibility index (Phi) is 3.13. The molecule has 1 rings (SSSR count). The molecule has 1 unspecified atom stereocenters. The lowest BCUT2D eigenvalue weighted by molar-refractivity contribution is 0.516. The van der Waals surface area contributed by atoms with Crippen molar-refractivity contribution >= 4 is 7.48 Å². The number of hydrogen-bond donors (Lipinski definition) is 1. The van der Waals surface area contributed by atoms with Crippen LogP contribution in [0.1, 0.15) is 6.92 Å². The molecular formula is C9H11BNO. The average molecular weight is 160 g/mol. The smallest absolute Gasteiger partial charge is 0.287 e. The zero-order chi connectivity index (χ0) is 8.97. The summed E-state index contributed by atoms with van der Waals surface area (Å²) in [5.74, 6) is 0.681. The van der Waals surface area contributed by atoms with Crippen LogP contribution in [0.25, 0.3) is 0 Å². The molecule has 0 spiro atoms. The zero-order valence-electron chi connectivity index (χ0n) is 7.07. The van der Waals surface area contributed by atoms with Gasteiger partial charge in [0.1, 0.15) is 0 Å². The highest BCUT2D eigenvalue weighted by Gasteiger charge is 2.16. The Labute approximate surface area is 73.5 Å². The average Bonchev–Trinajstić information content (AvgIpc) is 2.09. The molecule has 3 heteroatoms. The van der Waals surface area contributed by atoms with E-state index in [4.69, 9.17) is 10.3 Å². The molecule has 1 N–H and O–H groups in total. The van der Waals surface area contributed by atoms with Crippen molar-refractivity contribution in [1.29, 1.82) is 5.26 Å². The van der Waals surface area contributed by atoms with E-state index in [1.54, 1.807) is 0 Å². The minimum atomic E-state index is 0.273. The van der Waals surface area contributed by atoms with Gasteiger partial charge in [-0.15, -0.1) is 0 Å². The molecule has 61 valence electrons. The van der Waals surface area contributed by atoms with Crippen molar-refractivity contribution in [3.8, 4) is 6.07 Å². The van der Waals surface area contributed by atoms with Gasteiger partial charge in [-0.05, 0) is 24.2 Å². The van der Waals surface area contributed by atoms with E-state index in [2.05, 4.69) is 13.0 Å². The van der Waals surface area contributed by atoms with Gasteiger partial charge in [0.2, 0.25) is 0 Å². The van der Waals surface area contributed by atoms with Gasteiger partial charge in [-0.1, -0.05) is 19.1 Å². The minimum Gasteiger partial charge on any atom is -0.454 e. The van der Waals surface area contributed by atoms with Gasteiger partial charge in [-0.2, -0.15) is 5.26 Å². The standard InChI is InChI=1S/C9H11BNO/c1-7-2-3-8(6-11)4-9(7)5-10-12/h2-4,7,9,12H,5H2,1H3/t7-,9?/m0/s1. The second kappa shape index (κ2) is 4.13. The quantitative estimate of drug-likeness (QED) is 0.618. The van der Waals surface area contributed by atoms with Gasteiger partial charge in [0.05, 0.1) is 6.07 Å². The van der Waals surface area contributed by atoms with E-state index >= 15 is 0 Å². The van der Waals surface area contributed by atoms with Gasteiger partial charge >= 0.3 is 0 Å². The van der Waals surface area contributed by atoms with Crippen molar-refractivity contribution in [1.82, 2.24) is 0 Å². The molecule has 0 aromatic carbocycles. The molecule has 0 bridgehead atoms. The van der Waals surface area contributed by atoms with Crippen LogP contribution in [0.4, 0.5) is 0 Å². The van der Waals surface area contributed by atoms with Crippen LogP contribution in [-0.4, -0.2) is 12.5 Å². The van der Waals surface area contributed by atoms with Crippen LogP contribution in [0.15, 0.2) is 23.8 Å². The first-order valence-electron chi connectivity index (χ1n) is 4.04. The summed E-state index contributed by atoms with van der Waals surface area (Å²) < 4.78 is 0. The first-order valence-corrected chi connectivity index (χ1v) is 4.04. The fourth-order valence-corrected chi connectivity index (χ4v) is 1.32. The van der Waals surface area contributed by atoms with Crippen LogP contribution in [0.5, 0.6) is 0 Å². The van der Waals surface area contributed by atoms with Gasteiger partial charge < -0.3 is 5.02 Å². The number of nitriles is 1. The third kappa shape index (κ3) is 1.99. The van der Waals surface area contributed by atoms with E-state index in [-0.39, 0.29) is 5.92 Å². The summed E-state index contributed by atoms with van der Waals surface area (Å²) in [6.45, 7) is 2.08. The molecule has 0 aromatic rings. The Morgan fingerprint density at radius 1 is 1.75 bits per heavy atom. The molecule has 0 amide bonds. The fraction of sp³-hybridized carbons (Fsp3) is 0.444. The molecule has 0 fully saturated rings. The number of allylic oxidation sites excluding steroid dienone is 4. The molecule has 2 atom stereocenters. The summed E-state index contributed by atoms with van der Waals surface area (Å²) in [6.07, 6.45) is 6.37. The van der Waals surface area contributed by atoms with Crippen LogP contribution >= 0.6 is 0 Å². The first kappa shape index (κ1) is 9.09. The molecule has 1 aliphatic carbocycles. The Hall–Kier alpha value is -1.01. The maximum Gasteiger partial charge on any atom is 0.287 e. The number of hydrogen-bond acceptors (Lipinski definition) is 2. The minimum absolute atomic E-state index is 0.273. The van der Waals surface area contributed by atoms with Crippen LogP contribution < -0.4 is 0 Å². The van der Waals surface area contributed by atoms with Gasteiger partial charge in [-0.3, -0.25) is 0 Å². The predicted octanol–water partition coefficient (Wildman–Crippen LogP) is 1.29. The summed E-state index contributed by atoms with van der Waals surface area (Å²) in [5, 5.41) is 17.3. The zero-order valence-corrected chi connectivity index (χ0v) is 7.07. The lowest BCUT2D eigenvalue weighted by Gasteiger charge is -2.19. The van der Waals surface area contributed by atoms with Crippen molar-refractivity contribution in [2.45, 2.75) is 13.2 Å². The van der Waals surface area contributed by atoms with E-state index in [1.807, 2.05) is 18.2 Å². The predicted molar refractivity (Wildman–Crippen MR) is 48.3 cm³/mol. The van der Waals surface area contributed by atoms with Crippen molar-refractivity contribution in [2.24, 2.45) is 11.8 Å². The van der Waals surface area contributed by atoms with Crippen molar-refractivity contribution < 1.29 is 5.02 Å². The molecule has 0 saturated carbocycles. The lowest BCUT2D eigenvalue weighted by atomic mass is 9.76. The van der Waals surface area contributed by atoms with E-state index in [0.717, 1.165) is 7.48 Å². The third-order valence-corrected chi connectivity index (χ3v) is 2.15. The van der Waals surface area contributed by atoms with E-state index < -0.39 is 0 Å². The van der Waals surface area contributed by atoms with Crippen LogP contribution in [0, 0.1) is 23.2 Å². The SMILES string of the molecule is C[C@H]1C=CC(C#N)=CC1C[B]O. The van der Waals surface area contributed by atoms with Gasteiger partial charge in [-0.25, -0.2) is 0 Å². The summed E-state index contributed by atoms with van der Waals surface area (Å²) in [6, 6.07) is 2.09. The van der Waals surface area contributed by atoms with Crippen molar-refractivity contribution in [3.05, 3.63) is 23.8 Å². The fourth-order valence-electron chi connectivity index (χ4n) is 1.32. The van der Waals surface area contributed by atoms with Crippen molar-refractivity contribution in [3.63, 3.8) is 0 Å². The Balaban J connectivity index is 2.69. The highest BCUT2D eigenvalue weighted by molar-refractivity contribution is 6.25. The van der Waals surface area contributed by atoms with Crippen molar-refractivity contribution in [2.75, 3.05) is 0 Å².